The number of rotatable bonds is 1. The third kappa shape index (κ3) is 2.21. The number of aromatic nitrogens is 1. The highest BCUT2D eigenvalue weighted by molar-refractivity contribution is 5.95. The Kier molecular flexibility index (Phi) is 3.06. The van der Waals surface area contributed by atoms with E-state index in [1.807, 2.05) is 24.1 Å². The molecule has 2 rings (SSSR count). The van der Waals surface area contributed by atoms with E-state index in [9.17, 15) is 4.79 Å². The van der Waals surface area contributed by atoms with Gasteiger partial charge in [-0.25, -0.2) is 0 Å². The van der Waals surface area contributed by atoms with Crippen molar-refractivity contribution in [2.75, 3.05) is 26.2 Å². The lowest BCUT2D eigenvalue weighted by atomic mass is 10.2. The predicted molar refractivity (Wildman–Crippen MR) is 58.9 cm³/mol. The number of nitrogens with zero attached hydrogens (tertiary/aromatic N) is 1. The van der Waals surface area contributed by atoms with Crippen molar-refractivity contribution in [3.05, 3.63) is 23.5 Å². The lowest BCUT2D eigenvalue weighted by Crippen LogP contribution is -2.34. The van der Waals surface area contributed by atoms with Crippen molar-refractivity contribution in [1.29, 1.82) is 0 Å². The minimum absolute atomic E-state index is 0.150. The predicted octanol–water partition coefficient (Wildman–Crippen LogP) is 0.759. The molecule has 15 heavy (non-hydrogen) atoms. The SMILES string of the molecule is Cc1[nH]ccc1C(=O)N1CCCNCC1. The molecular weight excluding hydrogens is 190 g/mol. The largest absolute Gasteiger partial charge is 0.365 e. The summed E-state index contributed by atoms with van der Waals surface area (Å²) in [5.41, 5.74) is 1.76. The summed E-state index contributed by atoms with van der Waals surface area (Å²) in [5, 5.41) is 3.29. The van der Waals surface area contributed by atoms with Crippen LogP contribution in [0.3, 0.4) is 0 Å². The van der Waals surface area contributed by atoms with Crippen LogP contribution >= 0.6 is 0 Å². The molecule has 1 aromatic rings. The number of aryl methyl sites for hydroxylation is 1. The van der Waals surface area contributed by atoms with E-state index in [0.717, 1.165) is 43.9 Å². The van der Waals surface area contributed by atoms with E-state index < -0.39 is 0 Å². The van der Waals surface area contributed by atoms with Crippen LogP contribution in [0.5, 0.6) is 0 Å². The van der Waals surface area contributed by atoms with Gasteiger partial charge in [-0.05, 0) is 26.0 Å². The highest BCUT2D eigenvalue weighted by Crippen LogP contribution is 2.10. The number of amides is 1. The van der Waals surface area contributed by atoms with Gasteiger partial charge in [0.25, 0.3) is 5.91 Å². The topological polar surface area (TPSA) is 48.1 Å². The molecule has 1 aromatic heterocycles. The van der Waals surface area contributed by atoms with Crippen LogP contribution in [0.1, 0.15) is 22.5 Å². The monoisotopic (exact) mass is 207 g/mol. The van der Waals surface area contributed by atoms with Crippen molar-refractivity contribution in [2.24, 2.45) is 0 Å². The van der Waals surface area contributed by atoms with E-state index in [1.54, 1.807) is 0 Å². The Morgan fingerprint density at radius 1 is 1.40 bits per heavy atom. The Hall–Kier alpha value is -1.29. The van der Waals surface area contributed by atoms with Gasteiger partial charge >= 0.3 is 0 Å². The van der Waals surface area contributed by atoms with Crippen LogP contribution in [0.2, 0.25) is 0 Å². The van der Waals surface area contributed by atoms with Gasteiger partial charge < -0.3 is 15.2 Å². The fourth-order valence-electron chi connectivity index (χ4n) is 1.90. The number of aromatic amines is 1. The molecule has 82 valence electrons. The molecule has 0 saturated carbocycles. The van der Waals surface area contributed by atoms with Gasteiger partial charge in [0.1, 0.15) is 0 Å². The highest BCUT2D eigenvalue weighted by atomic mass is 16.2. The molecule has 4 nitrogen and oxygen atoms in total. The zero-order valence-electron chi connectivity index (χ0n) is 9.05. The Bertz CT molecular complexity index is 337. The molecule has 1 saturated heterocycles. The van der Waals surface area contributed by atoms with Crippen LogP contribution in [0.4, 0.5) is 0 Å². The van der Waals surface area contributed by atoms with Crippen LogP contribution in [0.25, 0.3) is 0 Å². The maximum absolute atomic E-state index is 12.1. The van der Waals surface area contributed by atoms with Crippen molar-refractivity contribution in [2.45, 2.75) is 13.3 Å². The third-order valence-corrected chi connectivity index (χ3v) is 2.81. The summed E-state index contributed by atoms with van der Waals surface area (Å²) in [5.74, 6) is 0.150. The molecule has 0 atom stereocenters. The molecule has 1 aliphatic heterocycles. The first kappa shape index (κ1) is 10.2. The van der Waals surface area contributed by atoms with E-state index >= 15 is 0 Å². The molecule has 0 spiro atoms. The van der Waals surface area contributed by atoms with E-state index in [4.69, 9.17) is 0 Å². The van der Waals surface area contributed by atoms with Gasteiger partial charge in [0.15, 0.2) is 0 Å². The fraction of sp³-hybridized carbons (Fsp3) is 0.545. The lowest BCUT2D eigenvalue weighted by molar-refractivity contribution is 0.0766. The zero-order valence-corrected chi connectivity index (χ0v) is 9.05. The quantitative estimate of drug-likeness (QED) is 0.714. The second kappa shape index (κ2) is 4.49. The third-order valence-electron chi connectivity index (χ3n) is 2.81. The molecule has 0 aromatic carbocycles. The highest BCUT2D eigenvalue weighted by Gasteiger charge is 2.18. The van der Waals surface area contributed by atoms with Gasteiger partial charge in [0.2, 0.25) is 0 Å². The summed E-state index contributed by atoms with van der Waals surface area (Å²) in [7, 11) is 0. The van der Waals surface area contributed by atoms with Crippen molar-refractivity contribution in [3.8, 4) is 0 Å². The van der Waals surface area contributed by atoms with Crippen molar-refractivity contribution in [1.82, 2.24) is 15.2 Å². The molecule has 4 heteroatoms. The average Bonchev–Trinajstić information content (AvgIpc) is 2.53. The van der Waals surface area contributed by atoms with E-state index in [0.29, 0.717) is 0 Å². The van der Waals surface area contributed by atoms with Gasteiger partial charge in [0, 0.05) is 31.5 Å². The normalized spacial score (nSPS) is 17.5. The van der Waals surface area contributed by atoms with Crippen molar-refractivity contribution >= 4 is 5.91 Å². The van der Waals surface area contributed by atoms with Crippen LogP contribution in [-0.2, 0) is 0 Å². The van der Waals surface area contributed by atoms with Crippen LogP contribution < -0.4 is 5.32 Å². The first-order valence-corrected chi connectivity index (χ1v) is 5.43. The van der Waals surface area contributed by atoms with Crippen molar-refractivity contribution in [3.63, 3.8) is 0 Å². The van der Waals surface area contributed by atoms with Gasteiger partial charge in [-0.3, -0.25) is 4.79 Å². The first-order valence-electron chi connectivity index (χ1n) is 5.43. The van der Waals surface area contributed by atoms with Gasteiger partial charge in [-0.2, -0.15) is 0 Å². The Labute approximate surface area is 89.7 Å². The van der Waals surface area contributed by atoms with E-state index in [-0.39, 0.29) is 5.91 Å². The standard InChI is InChI=1S/C11H17N3O/c1-9-10(3-5-13-9)11(15)14-7-2-4-12-6-8-14/h3,5,12-13H,2,4,6-8H2,1H3. The molecular formula is C11H17N3O. The maximum Gasteiger partial charge on any atom is 0.255 e. The number of nitrogens with one attached hydrogen (secondary N) is 2. The summed E-state index contributed by atoms with van der Waals surface area (Å²) in [6.45, 7) is 5.51. The Balaban J connectivity index is 2.09. The average molecular weight is 207 g/mol. The molecule has 0 radical (unpaired) electrons. The zero-order chi connectivity index (χ0) is 10.7. The summed E-state index contributed by atoms with van der Waals surface area (Å²) in [6.07, 6.45) is 2.86. The Morgan fingerprint density at radius 2 is 2.27 bits per heavy atom. The van der Waals surface area contributed by atoms with E-state index in [1.165, 1.54) is 0 Å². The van der Waals surface area contributed by atoms with E-state index in [2.05, 4.69) is 10.3 Å². The minimum atomic E-state index is 0.150. The smallest absolute Gasteiger partial charge is 0.255 e. The summed E-state index contributed by atoms with van der Waals surface area (Å²) >= 11 is 0. The molecule has 1 fully saturated rings. The molecule has 1 aliphatic rings. The molecule has 0 bridgehead atoms. The number of carbonyl (C=O) groups is 1. The number of carbonyl (C=O) groups excluding carboxylic acids is 1. The van der Waals surface area contributed by atoms with Crippen LogP contribution in [0, 0.1) is 6.92 Å². The molecule has 0 unspecified atom stereocenters. The second-order valence-electron chi connectivity index (χ2n) is 3.91. The Morgan fingerprint density at radius 3 is 3.00 bits per heavy atom. The molecule has 1 amide bonds. The first-order chi connectivity index (χ1) is 7.29. The number of H-pyrrole nitrogens is 1. The van der Waals surface area contributed by atoms with Gasteiger partial charge in [0.05, 0.1) is 5.56 Å². The summed E-state index contributed by atoms with van der Waals surface area (Å²) in [4.78, 5) is 17.1. The number of hydrogen-bond acceptors (Lipinski definition) is 2. The van der Waals surface area contributed by atoms with Crippen LogP contribution in [0.15, 0.2) is 12.3 Å². The van der Waals surface area contributed by atoms with Gasteiger partial charge in [-0.1, -0.05) is 0 Å². The second-order valence-corrected chi connectivity index (χ2v) is 3.91. The van der Waals surface area contributed by atoms with Crippen LogP contribution in [-0.4, -0.2) is 42.0 Å². The molecule has 0 aliphatic carbocycles. The lowest BCUT2D eigenvalue weighted by Gasteiger charge is -2.19. The molecule has 2 N–H and O–H groups in total. The maximum atomic E-state index is 12.1. The molecule has 2 heterocycles. The summed E-state index contributed by atoms with van der Waals surface area (Å²) < 4.78 is 0. The fourth-order valence-corrected chi connectivity index (χ4v) is 1.90. The van der Waals surface area contributed by atoms with Crippen molar-refractivity contribution < 1.29 is 4.79 Å². The number of hydrogen-bond donors (Lipinski definition) is 2. The summed E-state index contributed by atoms with van der Waals surface area (Å²) in [6, 6.07) is 1.86. The minimum Gasteiger partial charge on any atom is -0.365 e. The van der Waals surface area contributed by atoms with Gasteiger partial charge in [-0.15, -0.1) is 0 Å².